The van der Waals surface area contributed by atoms with E-state index in [9.17, 15) is 14.9 Å². The van der Waals surface area contributed by atoms with Crippen molar-refractivity contribution in [2.24, 2.45) is 4.99 Å². The fourth-order valence-corrected chi connectivity index (χ4v) is 3.88. The van der Waals surface area contributed by atoms with E-state index in [0.29, 0.717) is 27.0 Å². The highest BCUT2D eigenvalue weighted by atomic mass is 35.5. The number of amides is 1. The van der Waals surface area contributed by atoms with Crippen LogP contribution in [0.5, 0.6) is 0 Å². The minimum Gasteiger partial charge on any atom is -0.266 e. The maximum absolute atomic E-state index is 13.1. The molecule has 1 aliphatic rings. The van der Waals surface area contributed by atoms with E-state index >= 15 is 0 Å². The molecule has 1 amide bonds. The van der Waals surface area contributed by atoms with Crippen molar-refractivity contribution in [3.63, 3.8) is 0 Å². The fraction of sp³-hybridized carbons (Fsp3) is 0. The number of rotatable bonds is 4. The van der Waals surface area contributed by atoms with Gasteiger partial charge in [0.25, 0.3) is 5.91 Å². The quantitative estimate of drug-likeness (QED) is 0.314. The first-order chi connectivity index (χ1) is 13.9. The molecule has 29 heavy (non-hydrogen) atoms. The Labute approximate surface area is 178 Å². The minimum atomic E-state index is -0.550. The van der Waals surface area contributed by atoms with E-state index in [-0.39, 0.29) is 15.8 Å². The lowest BCUT2D eigenvalue weighted by Gasteiger charge is -2.14. The van der Waals surface area contributed by atoms with Crippen molar-refractivity contribution in [1.29, 1.82) is 0 Å². The summed E-state index contributed by atoms with van der Waals surface area (Å²) in [7, 11) is 0. The van der Waals surface area contributed by atoms with E-state index in [1.807, 2.05) is 18.2 Å². The van der Waals surface area contributed by atoms with Crippen LogP contribution in [0.4, 0.5) is 10.1 Å². The number of anilines is 1. The van der Waals surface area contributed by atoms with Crippen molar-refractivity contribution in [3.8, 4) is 0 Å². The van der Waals surface area contributed by atoms with Crippen molar-refractivity contribution < 1.29 is 9.72 Å². The number of halogens is 2. The van der Waals surface area contributed by atoms with Gasteiger partial charge in [-0.05, 0) is 35.1 Å². The molecule has 0 aliphatic carbocycles. The topological polar surface area (TPSA) is 88.7 Å². The van der Waals surface area contributed by atoms with E-state index in [4.69, 9.17) is 23.2 Å². The molecular weight excluding hydrogens is 435 g/mol. The Hall–Kier alpha value is -3.07. The molecule has 10 heteroatoms. The SMILES string of the molecule is O=C1/C(=C\c2ccc(Cl)cc2Cl)N=C(c2ccccc2)N1c1ncc([N+](=O)[O-])s1. The third kappa shape index (κ3) is 3.77. The minimum absolute atomic E-state index is 0.130. The number of carbonyl (C=O) groups is 1. The molecule has 0 unspecified atom stereocenters. The van der Waals surface area contributed by atoms with Gasteiger partial charge in [0.15, 0.2) is 0 Å². The van der Waals surface area contributed by atoms with Crippen LogP contribution in [0.3, 0.4) is 0 Å². The number of benzene rings is 2. The van der Waals surface area contributed by atoms with Gasteiger partial charge >= 0.3 is 5.00 Å². The van der Waals surface area contributed by atoms with Gasteiger partial charge < -0.3 is 0 Å². The predicted molar refractivity (Wildman–Crippen MR) is 114 cm³/mol. The normalized spacial score (nSPS) is 15.1. The van der Waals surface area contributed by atoms with Gasteiger partial charge in [0.2, 0.25) is 5.13 Å². The second kappa shape index (κ2) is 7.75. The van der Waals surface area contributed by atoms with E-state index in [1.165, 1.54) is 4.90 Å². The number of aliphatic imine (C=N–C) groups is 1. The van der Waals surface area contributed by atoms with Crippen molar-refractivity contribution in [1.82, 2.24) is 4.98 Å². The summed E-state index contributed by atoms with van der Waals surface area (Å²) in [6.45, 7) is 0. The van der Waals surface area contributed by atoms with Crippen molar-refractivity contribution >= 4 is 62.5 Å². The van der Waals surface area contributed by atoms with Crippen molar-refractivity contribution in [2.45, 2.75) is 0 Å². The highest BCUT2D eigenvalue weighted by molar-refractivity contribution is 7.19. The van der Waals surface area contributed by atoms with Crippen LogP contribution in [-0.2, 0) is 4.79 Å². The molecule has 7 nitrogen and oxygen atoms in total. The molecule has 0 bridgehead atoms. The lowest BCUT2D eigenvalue weighted by Crippen LogP contribution is -2.32. The molecule has 0 saturated carbocycles. The van der Waals surface area contributed by atoms with Crippen LogP contribution in [0.15, 0.2) is 65.4 Å². The molecule has 0 saturated heterocycles. The van der Waals surface area contributed by atoms with Crippen LogP contribution >= 0.6 is 34.5 Å². The number of amidine groups is 1. The third-order valence-corrected chi connectivity index (χ3v) is 5.50. The molecule has 2 aromatic carbocycles. The number of thiazole rings is 1. The summed E-state index contributed by atoms with van der Waals surface area (Å²) in [4.78, 5) is 33.4. The maximum atomic E-state index is 13.1. The molecule has 144 valence electrons. The predicted octanol–water partition coefficient (Wildman–Crippen LogP) is 5.19. The molecule has 3 aromatic rings. The largest absolute Gasteiger partial charge is 0.345 e. The van der Waals surface area contributed by atoms with Gasteiger partial charge in [-0.3, -0.25) is 14.9 Å². The first-order valence-electron chi connectivity index (χ1n) is 8.19. The van der Waals surface area contributed by atoms with Gasteiger partial charge in [-0.1, -0.05) is 59.6 Å². The monoisotopic (exact) mass is 444 g/mol. The van der Waals surface area contributed by atoms with Gasteiger partial charge in [0.05, 0.1) is 4.92 Å². The molecule has 0 spiro atoms. The summed E-state index contributed by atoms with van der Waals surface area (Å²) < 4.78 is 0. The molecule has 1 aliphatic heterocycles. The van der Waals surface area contributed by atoms with Crippen LogP contribution in [0.25, 0.3) is 6.08 Å². The molecule has 0 N–H and O–H groups in total. The second-order valence-electron chi connectivity index (χ2n) is 5.88. The van der Waals surface area contributed by atoms with Gasteiger partial charge in [-0.2, -0.15) is 0 Å². The second-order valence-corrected chi connectivity index (χ2v) is 7.71. The smallest absolute Gasteiger partial charge is 0.266 e. The maximum Gasteiger partial charge on any atom is 0.345 e. The van der Waals surface area contributed by atoms with E-state index in [1.54, 1.807) is 36.4 Å². The molecular formula is C19H10Cl2N4O3S. The Morgan fingerprint density at radius 2 is 1.90 bits per heavy atom. The van der Waals surface area contributed by atoms with Gasteiger partial charge in [-0.15, -0.1) is 0 Å². The van der Waals surface area contributed by atoms with Crippen molar-refractivity contribution in [3.05, 3.63) is 91.7 Å². The van der Waals surface area contributed by atoms with Crippen molar-refractivity contribution in [2.75, 3.05) is 4.90 Å². The zero-order valence-electron chi connectivity index (χ0n) is 14.5. The summed E-state index contributed by atoms with van der Waals surface area (Å²) in [6.07, 6.45) is 2.67. The lowest BCUT2D eigenvalue weighted by molar-refractivity contribution is -0.380. The fourth-order valence-electron chi connectivity index (χ4n) is 2.69. The van der Waals surface area contributed by atoms with Crippen LogP contribution < -0.4 is 4.90 Å². The summed E-state index contributed by atoms with van der Waals surface area (Å²) in [6, 6.07) is 13.9. The Morgan fingerprint density at radius 3 is 2.55 bits per heavy atom. The Kier molecular flexibility index (Phi) is 5.14. The average Bonchev–Trinajstić information content (AvgIpc) is 3.30. The number of carbonyl (C=O) groups excluding carboxylic acids is 1. The van der Waals surface area contributed by atoms with E-state index < -0.39 is 10.8 Å². The van der Waals surface area contributed by atoms with Crippen LogP contribution in [-0.4, -0.2) is 21.7 Å². The number of nitro groups is 1. The highest BCUT2D eigenvalue weighted by Gasteiger charge is 2.35. The Morgan fingerprint density at radius 1 is 1.14 bits per heavy atom. The molecule has 4 rings (SSSR count). The Bertz CT molecular complexity index is 1190. The molecule has 0 fully saturated rings. The summed E-state index contributed by atoms with van der Waals surface area (Å²) >= 11 is 12.9. The van der Waals surface area contributed by atoms with Gasteiger partial charge in [0.1, 0.15) is 17.7 Å². The van der Waals surface area contributed by atoms with Crippen LogP contribution in [0.2, 0.25) is 10.0 Å². The zero-order chi connectivity index (χ0) is 20.5. The summed E-state index contributed by atoms with van der Waals surface area (Å²) in [5, 5.41) is 11.9. The van der Waals surface area contributed by atoms with Crippen LogP contribution in [0, 0.1) is 10.1 Å². The van der Waals surface area contributed by atoms with Gasteiger partial charge in [0, 0.05) is 15.6 Å². The summed E-state index contributed by atoms with van der Waals surface area (Å²) in [5.74, 6) is -0.129. The van der Waals surface area contributed by atoms with E-state index in [0.717, 1.165) is 17.5 Å². The number of nitrogens with zero attached hydrogens (tertiary/aromatic N) is 4. The number of hydrogen-bond acceptors (Lipinski definition) is 6. The third-order valence-electron chi connectivity index (χ3n) is 4.00. The first-order valence-corrected chi connectivity index (χ1v) is 9.77. The van der Waals surface area contributed by atoms with Crippen LogP contribution in [0.1, 0.15) is 11.1 Å². The molecule has 1 aromatic heterocycles. The standard InChI is InChI=1S/C19H10Cl2N4O3S/c20-13-7-6-12(14(21)9-13)8-15-18(26)24(19-22-10-16(29-19)25(27)28)17(23-15)11-4-2-1-3-5-11/h1-10H/b15-8+. The number of hydrogen-bond donors (Lipinski definition) is 0. The highest BCUT2D eigenvalue weighted by Crippen LogP contribution is 2.34. The Balaban J connectivity index is 1.82. The van der Waals surface area contributed by atoms with E-state index in [2.05, 4.69) is 9.98 Å². The summed E-state index contributed by atoms with van der Waals surface area (Å²) in [5.41, 5.74) is 1.37. The number of aromatic nitrogens is 1. The molecule has 0 atom stereocenters. The lowest BCUT2D eigenvalue weighted by atomic mass is 10.2. The average molecular weight is 445 g/mol. The zero-order valence-corrected chi connectivity index (χ0v) is 16.8. The molecule has 2 heterocycles. The van der Waals surface area contributed by atoms with Gasteiger partial charge in [-0.25, -0.2) is 14.9 Å². The first kappa shape index (κ1) is 19.3. The molecule has 0 radical (unpaired) electrons.